The van der Waals surface area contributed by atoms with Gasteiger partial charge >= 0.3 is 0 Å². The maximum Gasteiger partial charge on any atom is 0.254 e. The third-order valence-electron chi connectivity index (χ3n) is 3.53. The van der Waals surface area contributed by atoms with Crippen LogP contribution in [0.1, 0.15) is 29.0 Å². The Bertz CT molecular complexity index is 740. The Morgan fingerprint density at radius 1 is 1.39 bits per heavy atom. The van der Waals surface area contributed by atoms with Gasteiger partial charge in [-0.05, 0) is 38.0 Å². The van der Waals surface area contributed by atoms with E-state index in [0.29, 0.717) is 22.2 Å². The average Bonchev–Trinajstić information content (AvgIpc) is 3.27. The number of benzene rings is 1. The van der Waals surface area contributed by atoms with Crippen molar-refractivity contribution in [3.8, 4) is 0 Å². The van der Waals surface area contributed by atoms with Crippen molar-refractivity contribution < 1.29 is 14.1 Å². The highest BCUT2D eigenvalue weighted by Gasteiger charge is 2.34. The van der Waals surface area contributed by atoms with Gasteiger partial charge in [0.15, 0.2) is 5.82 Å². The molecule has 0 radical (unpaired) electrons. The standard InChI is InChI=1S/C16H16ClN3O3/c1-10-7-14(19-23-10)18-15(21)9-20(13-5-6-13)16(22)11-3-2-4-12(17)8-11/h2-4,7-8,13H,5-6,9H2,1H3,(H,18,19,21). The first-order valence-corrected chi connectivity index (χ1v) is 7.70. The summed E-state index contributed by atoms with van der Waals surface area (Å²) in [6, 6.07) is 8.46. The molecule has 3 rings (SSSR count). The maximum atomic E-state index is 12.6. The van der Waals surface area contributed by atoms with Crippen LogP contribution in [0.3, 0.4) is 0 Å². The second-order valence-corrected chi connectivity index (χ2v) is 5.98. The molecule has 7 heteroatoms. The zero-order chi connectivity index (χ0) is 16.4. The van der Waals surface area contributed by atoms with E-state index in [1.165, 1.54) is 0 Å². The molecule has 0 atom stereocenters. The Kier molecular flexibility index (Phi) is 4.34. The third kappa shape index (κ3) is 3.90. The van der Waals surface area contributed by atoms with Gasteiger partial charge in [-0.2, -0.15) is 0 Å². The molecule has 1 heterocycles. The third-order valence-corrected chi connectivity index (χ3v) is 3.76. The van der Waals surface area contributed by atoms with Gasteiger partial charge in [-0.25, -0.2) is 0 Å². The van der Waals surface area contributed by atoms with Crippen LogP contribution in [-0.2, 0) is 4.79 Å². The average molecular weight is 334 g/mol. The topological polar surface area (TPSA) is 75.4 Å². The van der Waals surface area contributed by atoms with Gasteiger partial charge in [0.1, 0.15) is 12.3 Å². The molecule has 120 valence electrons. The normalized spacial score (nSPS) is 13.7. The smallest absolute Gasteiger partial charge is 0.254 e. The second kappa shape index (κ2) is 6.42. The van der Waals surface area contributed by atoms with Crippen molar-refractivity contribution in [1.82, 2.24) is 10.1 Å². The van der Waals surface area contributed by atoms with Crippen LogP contribution in [0, 0.1) is 6.92 Å². The van der Waals surface area contributed by atoms with E-state index in [1.54, 1.807) is 42.2 Å². The minimum absolute atomic E-state index is 0.0259. The van der Waals surface area contributed by atoms with Gasteiger partial charge < -0.3 is 14.7 Å². The maximum absolute atomic E-state index is 12.6. The van der Waals surface area contributed by atoms with E-state index < -0.39 is 0 Å². The molecule has 0 unspecified atom stereocenters. The van der Waals surface area contributed by atoms with E-state index in [4.69, 9.17) is 16.1 Å². The quantitative estimate of drug-likeness (QED) is 0.912. The fraction of sp³-hybridized carbons (Fsp3) is 0.312. The van der Waals surface area contributed by atoms with Crippen LogP contribution >= 0.6 is 11.6 Å². The van der Waals surface area contributed by atoms with Gasteiger partial charge in [0, 0.05) is 22.7 Å². The molecule has 2 amide bonds. The van der Waals surface area contributed by atoms with E-state index >= 15 is 0 Å². The van der Waals surface area contributed by atoms with E-state index in [1.807, 2.05) is 0 Å². The van der Waals surface area contributed by atoms with E-state index in [-0.39, 0.29) is 24.4 Å². The number of carbonyl (C=O) groups is 2. The molecule has 1 aliphatic rings. The summed E-state index contributed by atoms with van der Waals surface area (Å²) in [5, 5.41) is 6.83. The number of halogens is 1. The minimum atomic E-state index is -0.305. The summed E-state index contributed by atoms with van der Waals surface area (Å²) in [7, 11) is 0. The van der Waals surface area contributed by atoms with Gasteiger partial charge in [0.05, 0.1) is 0 Å². The Hall–Kier alpha value is -2.34. The number of nitrogens with zero attached hydrogens (tertiary/aromatic N) is 2. The van der Waals surface area contributed by atoms with Gasteiger partial charge in [-0.15, -0.1) is 0 Å². The number of amides is 2. The lowest BCUT2D eigenvalue weighted by molar-refractivity contribution is -0.117. The molecule has 1 aromatic heterocycles. The van der Waals surface area contributed by atoms with Crippen molar-refractivity contribution in [2.75, 3.05) is 11.9 Å². The lowest BCUT2D eigenvalue weighted by atomic mass is 10.2. The predicted octanol–water partition coefficient (Wildman–Crippen LogP) is 2.88. The number of aryl methyl sites for hydroxylation is 1. The zero-order valence-corrected chi connectivity index (χ0v) is 13.3. The van der Waals surface area contributed by atoms with Crippen molar-refractivity contribution >= 4 is 29.2 Å². The zero-order valence-electron chi connectivity index (χ0n) is 12.6. The summed E-state index contributed by atoms with van der Waals surface area (Å²) in [5.74, 6) is 0.454. The second-order valence-electron chi connectivity index (χ2n) is 5.55. The van der Waals surface area contributed by atoms with Crippen molar-refractivity contribution in [1.29, 1.82) is 0 Å². The summed E-state index contributed by atoms with van der Waals surface area (Å²) in [6.07, 6.45) is 1.81. The van der Waals surface area contributed by atoms with Crippen molar-refractivity contribution in [2.45, 2.75) is 25.8 Å². The highest BCUT2D eigenvalue weighted by atomic mass is 35.5. The van der Waals surface area contributed by atoms with Crippen LogP contribution in [0.4, 0.5) is 5.82 Å². The van der Waals surface area contributed by atoms with Gasteiger partial charge in [0.2, 0.25) is 5.91 Å². The van der Waals surface area contributed by atoms with Crippen LogP contribution in [0.25, 0.3) is 0 Å². The number of nitrogens with one attached hydrogen (secondary N) is 1. The molecule has 1 N–H and O–H groups in total. The van der Waals surface area contributed by atoms with Crippen molar-refractivity contribution in [3.05, 3.63) is 46.7 Å². The number of anilines is 1. The minimum Gasteiger partial charge on any atom is -0.360 e. The van der Waals surface area contributed by atoms with Crippen molar-refractivity contribution in [3.63, 3.8) is 0 Å². The molecule has 6 nitrogen and oxygen atoms in total. The number of aromatic nitrogens is 1. The van der Waals surface area contributed by atoms with E-state index in [2.05, 4.69) is 10.5 Å². The number of hydrogen-bond acceptors (Lipinski definition) is 4. The molecule has 0 aliphatic heterocycles. The Labute approximate surface area is 138 Å². The summed E-state index contributed by atoms with van der Waals surface area (Å²) in [4.78, 5) is 26.4. The molecule has 1 fully saturated rings. The summed E-state index contributed by atoms with van der Waals surface area (Å²) in [6.45, 7) is 1.71. The molecule has 1 saturated carbocycles. The molecular weight excluding hydrogens is 318 g/mol. The molecule has 0 spiro atoms. The first-order valence-electron chi connectivity index (χ1n) is 7.32. The number of rotatable bonds is 5. The lowest BCUT2D eigenvalue weighted by Gasteiger charge is -2.21. The van der Waals surface area contributed by atoms with Gasteiger partial charge in [-0.1, -0.05) is 22.8 Å². The van der Waals surface area contributed by atoms with E-state index in [9.17, 15) is 9.59 Å². The summed E-state index contributed by atoms with van der Waals surface area (Å²) in [5.41, 5.74) is 0.481. The fourth-order valence-electron chi connectivity index (χ4n) is 2.30. The predicted molar refractivity (Wildman–Crippen MR) is 85.4 cm³/mol. The fourth-order valence-corrected chi connectivity index (χ4v) is 2.49. The SMILES string of the molecule is Cc1cc(NC(=O)CN(C(=O)c2cccc(Cl)c2)C2CC2)no1. The molecule has 0 saturated heterocycles. The lowest BCUT2D eigenvalue weighted by Crippen LogP contribution is -2.39. The largest absolute Gasteiger partial charge is 0.360 e. The monoisotopic (exact) mass is 333 g/mol. The molecule has 23 heavy (non-hydrogen) atoms. The van der Waals surface area contributed by atoms with Gasteiger partial charge in [0.25, 0.3) is 5.91 Å². The van der Waals surface area contributed by atoms with Crippen LogP contribution < -0.4 is 5.32 Å². The van der Waals surface area contributed by atoms with Crippen LogP contribution in [0.5, 0.6) is 0 Å². The van der Waals surface area contributed by atoms with Crippen LogP contribution in [0.2, 0.25) is 5.02 Å². The van der Waals surface area contributed by atoms with Crippen molar-refractivity contribution in [2.24, 2.45) is 0 Å². The van der Waals surface area contributed by atoms with Crippen LogP contribution in [-0.4, -0.2) is 34.5 Å². The number of hydrogen-bond donors (Lipinski definition) is 1. The Morgan fingerprint density at radius 2 is 2.17 bits per heavy atom. The highest BCUT2D eigenvalue weighted by Crippen LogP contribution is 2.28. The van der Waals surface area contributed by atoms with Crippen LogP contribution in [0.15, 0.2) is 34.9 Å². The molecule has 0 bridgehead atoms. The van der Waals surface area contributed by atoms with E-state index in [0.717, 1.165) is 12.8 Å². The molecule has 1 aromatic carbocycles. The molecular formula is C16H16ClN3O3. The first-order chi connectivity index (χ1) is 11.0. The molecule has 1 aliphatic carbocycles. The highest BCUT2D eigenvalue weighted by molar-refractivity contribution is 6.31. The number of carbonyl (C=O) groups excluding carboxylic acids is 2. The van der Waals surface area contributed by atoms with Gasteiger partial charge in [-0.3, -0.25) is 9.59 Å². The Balaban J connectivity index is 1.69. The first kappa shape index (κ1) is 15.6. The molecule has 2 aromatic rings. The summed E-state index contributed by atoms with van der Waals surface area (Å²) >= 11 is 5.94. The summed E-state index contributed by atoms with van der Waals surface area (Å²) < 4.78 is 4.90. The Morgan fingerprint density at radius 3 is 2.78 bits per heavy atom.